The molecule has 2 rings (SSSR count). The number of hydrogen-bond acceptors (Lipinski definition) is 3. The zero-order valence-corrected chi connectivity index (χ0v) is 11.8. The van der Waals surface area contributed by atoms with Gasteiger partial charge >= 0.3 is 0 Å². The van der Waals surface area contributed by atoms with Gasteiger partial charge in [-0.15, -0.1) is 0 Å². The van der Waals surface area contributed by atoms with Gasteiger partial charge in [-0.05, 0) is 34.7 Å². The lowest BCUT2D eigenvalue weighted by molar-refractivity contribution is 0.447. The highest BCUT2D eigenvalue weighted by atomic mass is 127. The fourth-order valence-corrected chi connectivity index (χ4v) is 1.91. The molecule has 0 aliphatic heterocycles. The standard InChI is InChI=1S/C10H5Cl2IN2O2/c11-5-3-1-2-4(6(5)12)8-14-9(16)7(13)10(17)15-8/h1-3H,(H2,14,15,16,17). The van der Waals surface area contributed by atoms with Crippen LogP contribution in [-0.2, 0) is 0 Å². The first kappa shape index (κ1) is 12.7. The van der Waals surface area contributed by atoms with Crippen molar-refractivity contribution in [1.82, 2.24) is 9.97 Å². The number of aromatic nitrogens is 2. The van der Waals surface area contributed by atoms with E-state index in [9.17, 15) is 9.90 Å². The number of rotatable bonds is 1. The third-order valence-electron chi connectivity index (χ3n) is 2.05. The zero-order chi connectivity index (χ0) is 12.6. The van der Waals surface area contributed by atoms with Crippen LogP contribution in [0.3, 0.4) is 0 Å². The monoisotopic (exact) mass is 382 g/mol. The zero-order valence-electron chi connectivity index (χ0n) is 8.17. The van der Waals surface area contributed by atoms with E-state index in [0.29, 0.717) is 10.6 Å². The minimum atomic E-state index is -0.427. The van der Waals surface area contributed by atoms with Crippen molar-refractivity contribution in [3.63, 3.8) is 0 Å². The van der Waals surface area contributed by atoms with Crippen LogP contribution in [0.5, 0.6) is 5.88 Å². The summed E-state index contributed by atoms with van der Waals surface area (Å²) in [5.74, 6) is -0.152. The van der Waals surface area contributed by atoms with Crippen molar-refractivity contribution < 1.29 is 5.11 Å². The molecule has 17 heavy (non-hydrogen) atoms. The van der Waals surface area contributed by atoms with Gasteiger partial charge in [-0.25, -0.2) is 0 Å². The second-order valence-corrected chi connectivity index (χ2v) is 5.02. The Balaban J connectivity index is 2.70. The molecule has 0 bridgehead atoms. The molecule has 4 nitrogen and oxygen atoms in total. The maximum absolute atomic E-state index is 11.5. The topological polar surface area (TPSA) is 66.0 Å². The summed E-state index contributed by atoms with van der Waals surface area (Å²) in [5, 5.41) is 10.1. The van der Waals surface area contributed by atoms with Crippen LogP contribution in [0.1, 0.15) is 0 Å². The maximum atomic E-state index is 11.5. The second kappa shape index (κ2) is 4.83. The van der Waals surface area contributed by atoms with Gasteiger partial charge in [-0.3, -0.25) is 4.79 Å². The lowest BCUT2D eigenvalue weighted by Gasteiger charge is -2.05. The first-order valence-electron chi connectivity index (χ1n) is 4.44. The molecule has 1 aromatic heterocycles. The lowest BCUT2D eigenvalue weighted by Crippen LogP contribution is -2.12. The van der Waals surface area contributed by atoms with E-state index in [1.165, 1.54) is 0 Å². The van der Waals surface area contributed by atoms with Crippen molar-refractivity contribution in [2.45, 2.75) is 0 Å². The minimum absolute atomic E-state index is 0.129. The fraction of sp³-hybridized carbons (Fsp3) is 0. The highest BCUT2D eigenvalue weighted by molar-refractivity contribution is 14.1. The Morgan fingerprint density at radius 1 is 1.35 bits per heavy atom. The molecule has 1 aromatic carbocycles. The molecule has 2 N–H and O–H groups in total. The average molecular weight is 383 g/mol. The van der Waals surface area contributed by atoms with Gasteiger partial charge in [0.2, 0.25) is 5.88 Å². The Morgan fingerprint density at radius 2 is 2.06 bits per heavy atom. The molecule has 0 saturated carbocycles. The molecular weight excluding hydrogens is 378 g/mol. The smallest absolute Gasteiger partial charge is 0.268 e. The van der Waals surface area contributed by atoms with E-state index in [4.69, 9.17) is 23.2 Å². The normalized spacial score (nSPS) is 10.5. The van der Waals surface area contributed by atoms with Crippen molar-refractivity contribution in [1.29, 1.82) is 0 Å². The van der Waals surface area contributed by atoms with Crippen LogP contribution < -0.4 is 5.56 Å². The van der Waals surface area contributed by atoms with Crippen LogP contribution in [0, 0.1) is 3.57 Å². The first-order chi connectivity index (χ1) is 8.00. The molecule has 0 aliphatic carbocycles. The Bertz CT molecular complexity index is 643. The van der Waals surface area contributed by atoms with Gasteiger partial charge in [0.25, 0.3) is 5.56 Å². The quantitative estimate of drug-likeness (QED) is 0.745. The molecular formula is C10H5Cl2IN2O2. The van der Waals surface area contributed by atoms with E-state index in [2.05, 4.69) is 9.97 Å². The number of nitrogens with one attached hydrogen (secondary N) is 1. The lowest BCUT2D eigenvalue weighted by atomic mass is 10.2. The van der Waals surface area contributed by atoms with Crippen LogP contribution in [-0.4, -0.2) is 15.1 Å². The number of H-pyrrole nitrogens is 1. The molecule has 0 fully saturated rings. The molecule has 2 aromatic rings. The Labute approximate surface area is 120 Å². The second-order valence-electron chi connectivity index (χ2n) is 3.15. The van der Waals surface area contributed by atoms with Crippen molar-refractivity contribution in [3.8, 4) is 17.3 Å². The molecule has 0 atom stereocenters. The van der Waals surface area contributed by atoms with Crippen molar-refractivity contribution in [3.05, 3.63) is 42.2 Å². The van der Waals surface area contributed by atoms with Crippen LogP contribution in [0.4, 0.5) is 0 Å². The molecule has 1 heterocycles. The minimum Gasteiger partial charge on any atom is -0.492 e. The summed E-state index contributed by atoms with van der Waals surface area (Å²) in [6.45, 7) is 0. The van der Waals surface area contributed by atoms with Crippen molar-refractivity contribution >= 4 is 45.8 Å². The third-order valence-corrected chi connectivity index (χ3v) is 3.84. The van der Waals surface area contributed by atoms with Crippen LogP contribution >= 0.6 is 45.8 Å². The van der Waals surface area contributed by atoms with E-state index in [1.54, 1.807) is 40.8 Å². The molecule has 0 spiro atoms. The van der Waals surface area contributed by atoms with Crippen LogP contribution in [0.2, 0.25) is 10.0 Å². The van der Waals surface area contributed by atoms with Crippen molar-refractivity contribution in [2.24, 2.45) is 0 Å². The van der Waals surface area contributed by atoms with Gasteiger partial charge in [-0.2, -0.15) is 4.98 Å². The molecule has 0 aliphatic rings. The number of benzene rings is 1. The predicted molar refractivity (Wildman–Crippen MR) is 74.7 cm³/mol. The van der Waals surface area contributed by atoms with Gasteiger partial charge in [0.1, 0.15) is 9.39 Å². The summed E-state index contributed by atoms with van der Waals surface area (Å²) >= 11 is 13.6. The number of hydrogen-bond donors (Lipinski definition) is 2. The molecule has 7 heteroatoms. The van der Waals surface area contributed by atoms with E-state index < -0.39 is 5.56 Å². The molecule has 0 radical (unpaired) electrons. The predicted octanol–water partition coefficient (Wildman–Crippen LogP) is 3.05. The number of nitrogens with zero attached hydrogens (tertiary/aromatic N) is 1. The van der Waals surface area contributed by atoms with Gasteiger partial charge in [0, 0.05) is 5.56 Å². The van der Waals surface area contributed by atoms with Gasteiger partial charge in [-0.1, -0.05) is 29.3 Å². The van der Waals surface area contributed by atoms with E-state index >= 15 is 0 Å². The van der Waals surface area contributed by atoms with Gasteiger partial charge in [0.15, 0.2) is 0 Å². The summed E-state index contributed by atoms with van der Waals surface area (Å²) in [4.78, 5) is 17.9. The van der Waals surface area contributed by atoms with Gasteiger partial charge in [0.05, 0.1) is 10.0 Å². The Kier molecular flexibility index (Phi) is 3.60. The number of halogens is 3. The molecule has 0 amide bonds. The largest absolute Gasteiger partial charge is 0.492 e. The van der Waals surface area contributed by atoms with Crippen LogP contribution in [0.25, 0.3) is 11.4 Å². The summed E-state index contributed by atoms with van der Waals surface area (Å²) in [6.07, 6.45) is 0. The van der Waals surface area contributed by atoms with Crippen LogP contribution in [0.15, 0.2) is 23.0 Å². The summed E-state index contributed by atoms with van der Waals surface area (Å²) in [7, 11) is 0. The molecule has 88 valence electrons. The highest BCUT2D eigenvalue weighted by Gasteiger charge is 2.12. The van der Waals surface area contributed by atoms with E-state index in [-0.39, 0.29) is 20.3 Å². The SMILES string of the molecule is O=c1[nH]c(-c2cccc(Cl)c2Cl)nc(O)c1I. The fourth-order valence-electron chi connectivity index (χ4n) is 1.26. The molecule has 0 unspecified atom stereocenters. The first-order valence-corrected chi connectivity index (χ1v) is 6.27. The Hall–Kier alpha value is -0.790. The maximum Gasteiger partial charge on any atom is 0.268 e. The van der Waals surface area contributed by atoms with E-state index in [0.717, 1.165) is 0 Å². The molecule has 0 saturated heterocycles. The highest BCUT2D eigenvalue weighted by Crippen LogP contribution is 2.31. The van der Waals surface area contributed by atoms with E-state index in [1.807, 2.05) is 0 Å². The summed E-state index contributed by atoms with van der Waals surface area (Å²) in [6, 6.07) is 4.95. The van der Waals surface area contributed by atoms with Gasteiger partial charge < -0.3 is 10.1 Å². The Morgan fingerprint density at radius 3 is 2.71 bits per heavy atom. The number of aromatic amines is 1. The van der Waals surface area contributed by atoms with Crippen molar-refractivity contribution in [2.75, 3.05) is 0 Å². The average Bonchev–Trinajstić information content (AvgIpc) is 2.29. The number of aromatic hydroxyl groups is 1. The summed E-state index contributed by atoms with van der Waals surface area (Å²) < 4.78 is 0.129. The third kappa shape index (κ3) is 2.41. The summed E-state index contributed by atoms with van der Waals surface area (Å²) in [5.41, 5.74) is 0.0344.